The van der Waals surface area contributed by atoms with Crippen LogP contribution in [0.3, 0.4) is 0 Å². The highest BCUT2D eigenvalue weighted by molar-refractivity contribution is 9.10. The van der Waals surface area contributed by atoms with Crippen molar-refractivity contribution >= 4 is 45.9 Å². The van der Waals surface area contributed by atoms with Gasteiger partial charge in [-0.05, 0) is 69.5 Å². The number of urea groups is 1. The number of hydrogen-bond acceptors (Lipinski definition) is 7. The number of imide groups is 1. The summed E-state index contributed by atoms with van der Waals surface area (Å²) in [6.45, 7) is 0.0792. The maximum Gasteiger partial charge on any atom is 0.373 e. The summed E-state index contributed by atoms with van der Waals surface area (Å²) in [5.74, 6) is -1.43. The lowest BCUT2D eigenvalue weighted by atomic mass is 10.1. The standard InChI is InChI=1S/C25H19BrN2O8/c1-34-24(32)21-9-7-17(36-21)12-28-22(29)19(27-25(28)33)11-15-4-8-20(18(26)10-15)35-13-14-2-5-16(6-3-14)23(30)31/h2-11H,12-13H2,1H3,(H,27,33)(H,30,31)/b19-11-. The van der Waals surface area contributed by atoms with Crippen LogP contribution in [0.2, 0.25) is 0 Å². The molecular formula is C25H19BrN2O8. The van der Waals surface area contributed by atoms with E-state index >= 15 is 0 Å². The Morgan fingerprint density at radius 2 is 1.86 bits per heavy atom. The maximum absolute atomic E-state index is 12.8. The Kier molecular flexibility index (Phi) is 7.20. The van der Waals surface area contributed by atoms with Gasteiger partial charge in [-0.15, -0.1) is 0 Å². The predicted molar refractivity (Wildman–Crippen MR) is 129 cm³/mol. The molecule has 0 bridgehead atoms. The average Bonchev–Trinajstić information content (AvgIpc) is 3.43. The van der Waals surface area contributed by atoms with E-state index < -0.39 is 23.9 Å². The number of carboxylic acid groups (broad SMARTS) is 1. The van der Waals surface area contributed by atoms with Gasteiger partial charge < -0.3 is 24.3 Å². The lowest BCUT2D eigenvalue weighted by molar-refractivity contribution is -0.123. The van der Waals surface area contributed by atoms with Gasteiger partial charge >= 0.3 is 18.0 Å². The third kappa shape index (κ3) is 5.47. The van der Waals surface area contributed by atoms with Crippen LogP contribution in [-0.2, 0) is 22.7 Å². The zero-order chi connectivity index (χ0) is 25.8. The number of carbonyl (C=O) groups is 4. The van der Waals surface area contributed by atoms with Gasteiger partial charge in [-0.3, -0.25) is 9.69 Å². The van der Waals surface area contributed by atoms with Crippen molar-refractivity contribution in [2.75, 3.05) is 7.11 Å². The number of nitrogens with one attached hydrogen (secondary N) is 1. The molecule has 0 aliphatic carbocycles. The number of methoxy groups -OCH3 is 1. The molecule has 0 saturated carbocycles. The second kappa shape index (κ2) is 10.5. The molecule has 0 atom stereocenters. The summed E-state index contributed by atoms with van der Waals surface area (Å²) in [6.07, 6.45) is 1.53. The van der Waals surface area contributed by atoms with E-state index in [-0.39, 0.29) is 35.9 Å². The summed E-state index contributed by atoms with van der Waals surface area (Å²) in [7, 11) is 1.22. The van der Waals surface area contributed by atoms with Crippen molar-refractivity contribution in [1.82, 2.24) is 10.2 Å². The molecule has 2 heterocycles. The van der Waals surface area contributed by atoms with Crippen molar-refractivity contribution in [2.24, 2.45) is 0 Å². The molecule has 4 rings (SSSR count). The van der Waals surface area contributed by atoms with E-state index in [4.69, 9.17) is 14.3 Å². The Labute approximate surface area is 213 Å². The number of nitrogens with zero attached hydrogens (tertiary/aromatic N) is 1. The second-order valence-corrected chi connectivity index (χ2v) is 8.47. The Morgan fingerprint density at radius 1 is 1.11 bits per heavy atom. The first-order valence-corrected chi connectivity index (χ1v) is 11.3. The first-order valence-electron chi connectivity index (χ1n) is 10.5. The van der Waals surface area contributed by atoms with E-state index in [1.54, 1.807) is 30.3 Å². The van der Waals surface area contributed by atoms with Crippen LogP contribution >= 0.6 is 15.9 Å². The van der Waals surface area contributed by atoms with Crippen LogP contribution < -0.4 is 10.1 Å². The quantitative estimate of drug-likeness (QED) is 0.240. The van der Waals surface area contributed by atoms with Gasteiger partial charge in [0.2, 0.25) is 5.76 Å². The largest absolute Gasteiger partial charge is 0.488 e. The van der Waals surface area contributed by atoms with Crippen molar-refractivity contribution in [3.05, 3.63) is 93.0 Å². The number of hydrogen-bond donors (Lipinski definition) is 2. The fourth-order valence-corrected chi connectivity index (χ4v) is 3.85. The fourth-order valence-electron chi connectivity index (χ4n) is 3.34. The molecule has 0 unspecified atom stereocenters. The zero-order valence-electron chi connectivity index (χ0n) is 18.8. The molecule has 3 amide bonds. The lowest BCUT2D eigenvalue weighted by Crippen LogP contribution is -2.30. The molecular weight excluding hydrogens is 536 g/mol. The highest BCUT2D eigenvalue weighted by Crippen LogP contribution is 2.28. The molecule has 3 aromatic rings. The summed E-state index contributed by atoms with van der Waals surface area (Å²) in [4.78, 5) is 48.6. The first kappa shape index (κ1) is 24.7. The molecule has 11 heteroatoms. The Bertz CT molecular complexity index is 1380. The topological polar surface area (TPSA) is 135 Å². The third-order valence-corrected chi connectivity index (χ3v) is 5.81. The lowest BCUT2D eigenvalue weighted by Gasteiger charge is -2.10. The number of rotatable bonds is 8. The van der Waals surface area contributed by atoms with Crippen LogP contribution in [0.4, 0.5) is 4.79 Å². The average molecular weight is 555 g/mol. The van der Waals surface area contributed by atoms with E-state index in [1.165, 1.54) is 37.5 Å². The van der Waals surface area contributed by atoms with E-state index in [1.807, 2.05) is 0 Å². The Balaban J connectivity index is 1.41. The molecule has 36 heavy (non-hydrogen) atoms. The highest BCUT2D eigenvalue weighted by atomic mass is 79.9. The van der Waals surface area contributed by atoms with Crippen molar-refractivity contribution < 1.29 is 38.2 Å². The van der Waals surface area contributed by atoms with Crippen LogP contribution in [0.5, 0.6) is 5.75 Å². The Hall–Kier alpha value is -4.38. The SMILES string of the molecule is COC(=O)c1ccc(CN2C(=O)N/C(=C\c3ccc(OCc4ccc(C(=O)O)cc4)c(Br)c3)C2=O)o1. The number of ether oxygens (including phenoxy) is 2. The number of amides is 3. The zero-order valence-corrected chi connectivity index (χ0v) is 20.4. The van der Waals surface area contributed by atoms with E-state index in [0.29, 0.717) is 15.8 Å². The van der Waals surface area contributed by atoms with Crippen LogP contribution in [-0.4, -0.2) is 41.0 Å². The number of carboxylic acids is 1. The van der Waals surface area contributed by atoms with Crippen molar-refractivity contribution in [2.45, 2.75) is 13.2 Å². The molecule has 1 aliphatic heterocycles. The van der Waals surface area contributed by atoms with Gasteiger partial charge in [0.1, 0.15) is 23.8 Å². The summed E-state index contributed by atoms with van der Waals surface area (Å²) >= 11 is 3.44. The van der Waals surface area contributed by atoms with Crippen molar-refractivity contribution in [3.63, 3.8) is 0 Å². The van der Waals surface area contributed by atoms with Crippen molar-refractivity contribution in [3.8, 4) is 5.75 Å². The second-order valence-electron chi connectivity index (χ2n) is 7.62. The molecule has 1 aromatic heterocycles. The van der Waals surface area contributed by atoms with Crippen LogP contribution in [0.15, 0.2) is 69.2 Å². The normalized spacial score (nSPS) is 14.2. The number of benzene rings is 2. The Morgan fingerprint density at radius 3 is 2.53 bits per heavy atom. The minimum atomic E-state index is -0.997. The third-order valence-electron chi connectivity index (χ3n) is 5.19. The van der Waals surface area contributed by atoms with Gasteiger partial charge in [-0.1, -0.05) is 18.2 Å². The molecule has 10 nitrogen and oxygen atoms in total. The number of halogens is 1. The van der Waals surface area contributed by atoms with Gasteiger partial charge in [-0.25, -0.2) is 14.4 Å². The van der Waals surface area contributed by atoms with Gasteiger partial charge in [0, 0.05) is 0 Å². The molecule has 1 aliphatic rings. The van der Waals surface area contributed by atoms with Crippen LogP contribution in [0.25, 0.3) is 6.08 Å². The first-order chi connectivity index (χ1) is 17.2. The summed E-state index contributed by atoms with van der Waals surface area (Å²) in [5, 5.41) is 11.5. The smallest absolute Gasteiger partial charge is 0.373 e. The predicted octanol–water partition coefficient (Wildman–Crippen LogP) is 4.20. The maximum atomic E-state index is 12.8. The van der Waals surface area contributed by atoms with E-state index in [0.717, 1.165) is 10.5 Å². The molecule has 184 valence electrons. The van der Waals surface area contributed by atoms with Gasteiger partial charge in [-0.2, -0.15) is 0 Å². The van der Waals surface area contributed by atoms with E-state index in [2.05, 4.69) is 26.0 Å². The van der Waals surface area contributed by atoms with E-state index in [9.17, 15) is 19.2 Å². The summed E-state index contributed by atoms with van der Waals surface area (Å²) < 4.78 is 16.3. The molecule has 1 saturated heterocycles. The number of aromatic carboxylic acids is 1. The monoisotopic (exact) mass is 554 g/mol. The number of carbonyl (C=O) groups excluding carboxylic acids is 3. The molecule has 2 aromatic carbocycles. The molecule has 1 fully saturated rings. The van der Waals surface area contributed by atoms with Crippen LogP contribution in [0, 0.1) is 0 Å². The molecule has 0 spiro atoms. The number of furan rings is 1. The highest BCUT2D eigenvalue weighted by Gasteiger charge is 2.34. The van der Waals surface area contributed by atoms with Gasteiger partial charge in [0.25, 0.3) is 5.91 Å². The fraction of sp³-hybridized carbons (Fsp3) is 0.120. The molecule has 0 radical (unpaired) electrons. The van der Waals surface area contributed by atoms with Gasteiger partial charge in [0.15, 0.2) is 0 Å². The summed E-state index contributed by atoms with van der Waals surface area (Å²) in [6, 6.07) is 13.8. The summed E-state index contributed by atoms with van der Waals surface area (Å²) in [5.41, 5.74) is 1.71. The van der Waals surface area contributed by atoms with Gasteiger partial charge in [0.05, 0.1) is 23.7 Å². The minimum absolute atomic E-state index is 0.0280. The van der Waals surface area contributed by atoms with Crippen molar-refractivity contribution in [1.29, 1.82) is 0 Å². The minimum Gasteiger partial charge on any atom is -0.488 e. The number of esters is 1. The van der Waals surface area contributed by atoms with Crippen LogP contribution in [0.1, 0.15) is 37.8 Å². The molecule has 2 N–H and O–H groups in total.